The summed E-state index contributed by atoms with van der Waals surface area (Å²) >= 11 is 1.87. The normalized spacial score (nSPS) is 11.7. The molecule has 1 unspecified atom stereocenters. The smallest absolute Gasteiger partial charge is 0.333 e. The van der Waals surface area contributed by atoms with E-state index in [4.69, 9.17) is 9.47 Å². The monoisotopic (exact) mass is 440 g/mol. The zero-order valence-electron chi connectivity index (χ0n) is 18.4. The van der Waals surface area contributed by atoms with Crippen molar-refractivity contribution in [1.29, 1.82) is 0 Å². The Morgan fingerprint density at radius 3 is 2.47 bits per heavy atom. The first-order chi connectivity index (χ1) is 14.5. The van der Waals surface area contributed by atoms with Crippen LogP contribution in [0.4, 0.5) is 4.79 Å². The summed E-state index contributed by atoms with van der Waals surface area (Å²) in [5.41, 5.74) is 0.872. The van der Waals surface area contributed by atoms with Gasteiger partial charge in [0.25, 0.3) is 0 Å². The van der Waals surface area contributed by atoms with Crippen molar-refractivity contribution in [2.24, 2.45) is 0 Å². The van der Waals surface area contributed by atoms with E-state index in [-0.39, 0.29) is 6.03 Å². The zero-order chi connectivity index (χ0) is 22.2. The summed E-state index contributed by atoms with van der Waals surface area (Å²) in [7, 11) is 0. The molecule has 1 atom stereocenters. The fourth-order valence-electron chi connectivity index (χ4n) is 2.73. The van der Waals surface area contributed by atoms with Crippen molar-refractivity contribution >= 4 is 23.8 Å². The van der Waals surface area contributed by atoms with Gasteiger partial charge in [-0.15, -0.1) is 0 Å². The maximum atomic E-state index is 12.3. The molecule has 1 aromatic rings. The third-order valence-electron chi connectivity index (χ3n) is 4.38. The molecule has 0 aliphatic carbocycles. The first-order valence-corrected chi connectivity index (χ1v) is 11.8. The molecule has 30 heavy (non-hydrogen) atoms. The molecule has 0 saturated heterocycles. The van der Waals surface area contributed by atoms with Crippen molar-refractivity contribution in [3.05, 3.63) is 29.8 Å². The number of carbonyl (C=O) groups is 2. The van der Waals surface area contributed by atoms with Crippen LogP contribution in [0.15, 0.2) is 24.3 Å². The SMILES string of the molecule is CCCCSCCN(CCOc1ccc(CC(OCC)C(=O)O)cc1)C(=O)NCC. The van der Waals surface area contributed by atoms with Gasteiger partial charge in [-0.1, -0.05) is 25.5 Å². The Bertz CT molecular complexity index is 612. The molecule has 0 saturated carbocycles. The van der Waals surface area contributed by atoms with Crippen LogP contribution in [0.3, 0.4) is 0 Å². The lowest BCUT2D eigenvalue weighted by Gasteiger charge is -2.23. The minimum Gasteiger partial charge on any atom is -0.492 e. The number of nitrogens with one attached hydrogen (secondary N) is 1. The Hall–Kier alpha value is -1.93. The first-order valence-electron chi connectivity index (χ1n) is 10.7. The number of carboxylic acids is 1. The standard InChI is InChI=1S/C22H36N2O5S/c1-4-7-15-30-16-13-24(22(27)23-5-2)12-14-29-19-10-8-18(9-11-19)17-20(21(25)26)28-6-3/h8-11,20H,4-7,12-17H2,1-3H3,(H,23,27)(H,25,26). The highest BCUT2D eigenvalue weighted by atomic mass is 32.2. The van der Waals surface area contributed by atoms with Crippen molar-refractivity contribution in [1.82, 2.24) is 10.2 Å². The second-order valence-corrected chi connectivity index (χ2v) is 7.99. The highest BCUT2D eigenvalue weighted by Gasteiger charge is 2.18. The number of aliphatic carboxylic acids is 1. The summed E-state index contributed by atoms with van der Waals surface area (Å²) in [6, 6.07) is 7.25. The van der Waals surface area contributed by atoms with Crippen LogP contribution in [-0.4, -0.2) is 72.5 Å². The fourth-order valence-corrected chi connectivity index (χ4v) is 3.78. The van der Waals surface area contributed by atoms with Crippen LogP contribution in [0.25, 0.3) is 0 Å². The number of benzene rings is 1. The average molecular weight is 441 g/mol. The Labute approximate surface area is 184 Å². The minimum absolute atomic E-state index is 0.0665. The third-order valence-corrected chi connectivity index (χ3v) is 5.43. The molecule has 1 rings (SSSR count). The number of hydrogen-bond acceptors (Lipinski definition) is 5. The summed E-state index contributed by atoms with van der Waals surface area (Å²) in [4.78, 5) is 25.2. The highest BCUT2D eigenvalue weighted by Crippen LogP contribution is 2.15. The van der Waals surface area contributed by atoms with E-state index >= 15 is 0 Å². The highest BCUT2D eigenvalue weighted by molar-refractivity contribution is 7.99. The summed E-state index contributed by atoms with van der Waals surface area (Å²) in [5.74, 6) is 1.76. The third kappa shape index (κ3) is 10.7. The quantitative estimate of drug-likeness (QED) is 0.382. The molecule has 0 radical (unpaired) electrons. The van der Waals surface area contributed by atoms with E-state index in [2.05, 4.69) is 12.2 Å². The maximum Gasteiger partial charge on any atom is 0.333 e. The van der Waals surface area contributed by atoms with Crippen LogP contribution in [-0.2, 0) is 16.0 Å². The molecule has 0 heterocycles. The van der Waals surface area contributed by atoms with Gasteiger partial charge in [0.05, 0.1) is 6.54 Å². The molecule has 2 N–H and O–H groups in total. The van der Waals surface area contributed by atoms with Gasteiger partial charge in [0.2, 0.25) is 0 Å². The largest absolute Gasteiger partial charge is 0.492 e. The molecule has 0 aromatic heterocycles. The molecular formula is C22H36N2O5S. The van der Waals surface area contributed by atoms with E-state index in [1.165, 1.54) is 12.8 Å². The van der Waals surface area contributed by atoms with Gasteiger partial charge in [-0.05, 0) is 43.7 Å². The molecule has 8 heteroatoms. The Balaban J connectivity index is 2.48. The van der Waals surface area contributed by atoms with E-state index in [9.17, 15) is 14.7 Å². The van der Waals surface area contributed by atoms with Crippen LogP contribution >= 0.6 is 11.8 Å². The van der Waals surface area contributed by atoms with Crippen molar-refractivity contribution in [2.45, 2.75) is 46.1 Å². The molecule has 2 amide bonds. The molecule has 170 valence electrons. The number of amides is 2. The number of unbranched alkanes of at least 4 members (excludes halogenated alkanes) is 1. The van der Waals surface area contributed by atoms with Crippen molar-refractivity contribution in [3.63, 3.8) is 0 Å². The number of carboxylic acid groups (broad SMARTS) is 1. The Kier molecular flexibility index (Phi) is 13.8. The van der Waals surface area contributed by atoms with Crippen LogP contribution < -0.4 is 10.1 Å². The lowest BCUT2D eigenvalue weighted by molar-refractivity contribution is -0.149. The van der Waals surface area contributed by atoms with E-state index in [1.807, 2.05) is 43.0 Å². The second-order valence-electron chi connectivity index (χ2n) is 6.77. The number of urea groups is 1. The first kappa shape index (κ1) is 26.1. The number of rotatable bonds is 16. The Morgan fingerprint density at radius 2 is 1.87 bits per heavy atom. The number of thioether (sulfide) groups is 1. The van der Waals surface area contributed by atoms with Crippen molar-refractivity contribution < 1.29 is 24.2 Å². The topological polar surface area (TPSA) is 88.1 Å². The van der Waals surface area contributed by atoms with Gasteiger partial charge in [0.15, 0.2) is 6.10 Å². The Morgan fingerprint density at radius 1 is 1.13 bits per heavy atom. The molecule has 0 aliphatic rings. The molecule has 0 spiro atoms. The van der Waals surface area contributed by atoms with E-state index in [1.54, 1.807) is 11.8 Å². The van der Waals surface area contributed by atoms with Crippen LogP contribution in [0.5, 0.6) is 5.75 Å². The van der Waals surface area contributed by atoms with Crippen molar-refractivity contribution in [2.75, 3.05) is 44.4 Å². The van der Waals surface area contributed by atoms with Crippen LogP contribution in [0, 0.1) is 0 Å². The number of carbonyl (C=O) groups excluding carboxylic acids is 1. The summed E-state index contributed by atoms with van der Waals surface area (Å²) < 4.78 is 11.0. The van der Waals surface area contributed by atoms with Gasteiger partial charge in [-0.2, -0.15) is 11.8 Å². The van der Waals surface area contributed by atoms with Crippen molar-refractivity contribution in [3.8, 4) is 5.75 Å². The van der Waals surface area contributed by atoms with Gasteiger partial charge >= 0.3 is 12.0 Å². The maximum absolute atomic E-state index is 12.3. The number of hydrogen-bond donors (Lipinski definition) is 2. The summed E-state index contributed by atoms with van der Waals surface area (Å²) in [6.45, 7) is 8.41. The van der Waals surface area contributed by atoms with Crippen LogP contribution in [0.2, 0.25) is 0 Å². The summed E-state index contributed by atoms with van der Waals surface area (Å²) in [5, 5.41) is 12.0. The van der Waals surface area contributed by atoms with E-state index in [0.717, 1.165) is 17.1 Å². The van der Waals surface area contributed by atoms with Gasteiger partial charge in [0.1, 0.15) is 12.4 Å². The van der Waals surface area contributed by atoms with E-state index in [0.29, 0.717) is 45.0 Å². The lowest BCUT2D eigenvalue weighted by Crippen LogP contribution is -2.43. The fraction of sp³-hybridized carbons (Fsp3) is 0.636. The molecule has 7 nitrogen and oxygen atoms in total. The summed E-state index contributed by atoms with van der Waals surface area (Å²) in [6.07, 6.45) is 1.84. The molecule has 1 aromatic carbocycles. The molecular weight excluding hydrogens is 404 g/mol. The van der Waals surface area contributed by atoms with Crippen LogP contribution in [0.1, 0.15) is 39.2 Å². The lowest BCUT2D eigenvalue weighted by atomic mass is 10.1. The molecule has 0 aliphatic heterocycles. The van der Waals surface area contributed by atoms with Gasteiger partial charge in [-0.25, -0.2) is 9.59 Å². The van der Waals surface area contributed by atoms with Gasteiger partial charge in [-0.3, -0.25) is 0 Å². The zero-order valence-corrected chi connectivity index (χ0v) is 19.2. The molecule has 0 bridgehead atoms. The van der Waals surface area contributed by atoms with Gasteiger partial charge < -0.3 is 24.8 Å². The predicted octanol–water partition coefficient (Wildman–Crippen LogP) is 3.66. The predicted molar refractivity (Wildman–Crippen MR) is 122 cm³/mol. The number of nitrogens with zero attached hydrogens (tertiary/aromatic N) is 1. The second kappa shape index (κ2) is 15.8. The number of ether oxygens (including phenoxy) is 2. The van der Waals surface area contributed by atoms with Gasteiger partial charge in [0, 0.05) is 31.9 Å². The minimum atomic E-state index is -0.963. The average Bonchev–Trinajstić information content (AvgIpc) is 2.73. The van der Waals surface area contributed by atoms with E-state index < -0.39 is 12.1 Å². The molecule has 0 fully saturated rings.